The third-order valence-corrected chi connectivity index (χ3v) is 3.79. The molecule has 2 atom stereocenters. The zero-order chi connectivity index (χ0) is 15.2. The summed E-state index contributed by atoms with van der Waals surface area (Å²) in [6.07, 6.45) is 3.04. The SMILES string of the molecule is CCNC(c1cccc(OC(C)C)c1)C(OCC)C1CC1. The topological polar surface area (TPSA) is 30.5 Å². The van der Waals surface area contributed by atoms with Gasteiger partial charge in [0.25, 0.3) is 0 Å². The summed E-state index contributed by atoms with van der Waals surface area (Å²) in [5, 5.41) is 3.61. The van der Waals surface area contributed by atoms with Gasteiger partial charge in [0, 0.05) is 6.61 Å². The Morgan fingerprint density at radius 3 is 2.57 bits per heavy atom. The Morgan fingerprint density at radius 1 is 1.24 bits per heavy atom. The molecular formula is C18H29NO2. The van der Waals surface area contributed by atoms with Crippen LogP contribution in [0.15, 0.2) is 24.3 Å². The molecule has 0 bridgehead atoms. The summed E-state index contributed by atoms with van der Waals surface area (Å²) in [6, 6.07) is 8.68. The lowest BCUT2D eigenvalue weighted by Gasteiger charge is -2.28. The maximum Gasteiger partial charge on any atom is 0.120 e. The fourth-order valence-corrected chi connectivity index (χ4v) is 2.82. The van der Waals surface area contributed by atoms with Crippen LogP contribution >= 0.6 is 0 Å². The lowest BCUT2D eigenvalue weighted by Crippen LogP contribution is -2.35. The number of ether oxygens (including phenoxy) is 2. The molecule has 0 amide bonds. The molecule has 1 fully saturated rings. The first-order valence-electron chi connectivity index (χ1n) is 8.27. The van der Waals surface area contributed by atoms with Gasteiger partial charge in [-0.2, -0.15) is 0 Å². The van der Waals surface area contributed by atoms with Crippen molar-refractivity contribution in [2.75, 3.05) is 13.2 Å². The Kier molecular flexibility index (Phi) is 6.07. The van der Waals surface area contributed by atoms with Crippen molar-refractivity contribution < 1.29 is 9.47 Å². The zero-order valence-corrected chi connectivity index (χ0v) is 13.8. The first kappa shape index (κ1) is 16.3. The van der Waals surface area contributed by atoms with E-state index in [0.717, 1.165) is 18.9 Å². The molecule has 1 aromatic carbocycles. The van der Waals surface area contributed by atoms with Crippen molar-refractivity contribution in [1.82, 2.24) is 5.32 Å². The van der Waals surface area contributed by atoms with Gasteiger partial charge in [0.1, 0.15) is 5.75 Å². The van der Waals surface area contributed by atoms with E-state index in [-0.39, 0.29) is 18.2 Å². The van der Waals surface area contributed by atoms with Crippen LogP contribution in [0.1, 0.15) is 52.1 Å². The number of benzene rings is 1. The highest BCUT2D eigenvalue weighted by atomic mass is 16.5. The van der Waals surface area contributed by atoms with Gasteiger partial charge >= 0.3 is 0 Å². The fraction of sp³-hybridized carbons (Fsp3) is 0.667. The predicted molar refractivity (Wildman–Crippen MR) is 86.8 cm³/mol. The zero-order valence-electron chi connectivity index (χ0n) is 13.8. The molecule has 0 heterocycles. The standard InChI is InChI=1S/C18H29NO2/c1-5-19-17(18(20-6-2)14-10-11-14)15-8-7-9-16(12-15)21-13(3)4/h7-9,12-14,17-19H,5-6,10-11H2,1-4H3. The van der Waals surface area contributed by atoms with Gasteiger partial charge < -0.3 is 14.8 Å². The summed E-state index contributed by atoms with van der Waals surface area (Å²) in [6.45, 7) is 10.1. The molecule has 1 aliphatic rings. The minimum atomic E-state index is 0.198. The maximum absolute atomic E-state index is 6.05. The van der Waals surface area contributed by atoms with Gasteiger partial charge in [0.15, 0.2) is 0 Å². The summed E-state index contributed by atoms with van der Waals surface area (Å²) in [5.74, 6) is 1.64. The number of rotatable bonds is 9. The van der Waals surface area contributed by atoms with Crippen molar-refractivity contribution >= 4 is 0 Å². The van der Waals surface area contributed by atoms with Crippen LogP contribution in [0.5, 0.6) is 5.75 Å². The van der Waals surface area contributed by atoms with Crippen molar-refractivity contribution in [3.8, 4) is 5.75 Å². The molecule has 118 valence electrons. The second-order valence-corrected chi connectivity index (χ2v) is 6.03. The smallest absolute Gasteiger partial charge is 0.120 e. The molecule has 1 aliphatic carbocycles. The Hall–Kier alpha value is -1.06. The molecule has 1 aromatic rings. The lowest BCUT2D eigenvalue weighted by atomic mass is 9.97. The average molecular weight is 291 g/mol. The normalized spacial score (nSPS) is 17.8. The summed E-state index contributed by atoms with van der Waals surface area (Å²) in [5.41, 5.74) is 1.26. The molecule has 3 nitrogen and oxygen atoms in total. The molecule has 3 heteroatoms. The van der Waals surface area contributed by atoms with E-state index in [1.165, 1.54) is 18.4 Å². The second-order valence-electron chi connectivity index (χ2n) is 6.03. The highest BCUT2D eigenvalue weighted by Gasteiger charge is 2.37. The molecule has 1 saturated carbocycles. The Labute approximate surface area is 129 Å². The van der Waals surface area contributed by atoms with Crippen LogP contribution < -0.4 is 10.1 Å². The molecular weight excluding hydrogens is 262 g/mol. The highest BCUT2D eigenvalue weighted by molar-refractivity contribution is 5.31. The van der Waals surface area contributed by atoms with Crippen molar-refractivity contribution in [2.24, 2.45) is 5.92 Å². The first-order chi connectivity index (χ1) is 10.2. The third-order valence-electron chi connectivity index (χ3n) is 3.79. The van der Waals surface area contributed by atoms with Crippen molar-refractivity contribution in [2.45, 2.75) is 58.8 Å². The van der Waals surface area contributed by atoms with E-state index in [9.17, 15) is 0 Å². The molecule has 0 saturated heterocycles. The molecule has 0 spiro atoms. The predicted octanol–water partition coefficient (Wildman–Crippen LogP) is 3.94. The van der Waals surface area contributed by atoms with Gasteiger partial charge in [-0.25, -0.2) is 0 Å². The maximum atomic E-state index is 6.05. The molecule has 2 rings (SSSR count). The monoisotopic (exact) mass is 291 g/mol. The van der Waals surface area contributed by atoms with Crippen LogP contribution in [-0.2, 0) is 4.74 Å². The van der Waals surface area contributed by atoms with Crippen molar-refractivity contribution in [1.29, 1.82) is 0 Å². The number of hydrogen-bond donors (Lipinski definition) is 1. The van der Waals surface area contributed by atoms with E-state index in [1.54, 1.807) is 0 Å². The minimum Gasteiger partial charge on any atom is -0.491 e. The number of likely N-dealkylation sites (N-methyl/N-ethyl adjacent to an activating group) is 1. The molecule has 2 unspecified atom stereocenters. The van der Waals surface area contributed by atoms with E-state index in [4.69, 9.17) is 9.47 Å². The second kappa shape index (κ2) is 7.81. The molecule has 21 heavy (non-hydrogen) atoms. The third kappa shape index (κ3) is 4.72. The van der Waals surface area contributed by atoms with Gasteiger partial charge in [-0.05, 0) is 63.8 Å². The summed E-state index contributed by atoms with van der Waals surface area (Å²) in [7, 11) is 0. The fourth-order valence-electron chi connectivity index (χ4n) is 2.82. The van der Waals surface area contributed by atoms with Crippen LogP contribution in [0.4, 0.5) is 0 Å². The van der Waals surface area contributed by atoms with Gasteiger partial charge in [-0.15, -0.1) is 0 Å². The minimum absolute atomic E-state index is 0.198. The largest absolute Gasteiger partial charge is 0.491 e. The van der Waals surface area contributed by atoms with E-state index >= 15 is 0 Å². The summed E-state index contributed by atoms with van der Waals surface area (Å²) < 4.78 is 11.9. The van der Waals surface area contributed by atoms with E-state index < -0.39 is 0 Å². The molecule has 0 aliphatic heterocycles. The van der Waals surface area contributed by atoms with Crippen LogP contribution in [0.25, 0.3) is 0 Å². The van der Waals surface area contributed by atoms with Crippen molar-refractivity contribution in [3.05, 3.63) is 29.8 Å². The first-order valence-corrected chi connectivity index (χ1v) is 8.27. The summed E-state index contributed by atoms with van der Waals surface area (Å²) >= 11 is 0. The number of hydrogen-bond acceptors (Lipinski definition) is 3. The van der Waals surface area contributed by atoms with Crippen LogP contribution in [0.3, 0.4) is 0 Å². The van der Waals surface area contributed by atoms with Gasteiger partial charge in [-0.3, -0.25) is 0 Å². The number of nitrogens with one attached hydrogen (secondary N) is 1. The Balaban J connectivity index is 2.19. The van der Waals surface area contributed by atoms with Crippen LogP contribution in [0, 0.1) is 5.92 Å². The van der Waals surface area contributed by atoms with Gasteiger partial charge in [-0.1, -0.05) is 19.1 Å². The quantitative estimate of drug-likeness (QED) is 0.747. The van der Waals surface area contributed by atoms with Crippen LogP contribution in [0.2, 0.25) is 0 Å². The Morgan fingerprint density at radius 2 is 2.00 bits per heavy atom. The summed E-state index contributed by atoms with van der Waals surface area (Å²) in [4.78, 5) is 0. The van der Waals surface area contributed by atoms with E-state index in [0.29, 0.717) is 5.92 Å². The lowest BCUT2D eigenvalue weighted by molar-refractivity contribution is 0.0189. The molecule has 1 N–H and O–H groups in total. The van der Waals surface area contributed by atoms with Gasteiger partial charge in [0.2, 0.25) is 0 Å². The van der Waals surface area contributed by atoms with Gasteiger partial charge in [0.05, 0.1) is 18.2 Å². The van der Waals surface area contributed by atoms with Crippen LogP contribution in [-0.4, -0.2) is 25.4 Å². The molecule has 0 radical (unpaired) electrons. The highest BCUT2D eigenvalue weighted by Crippen LogP contribution is 2.40. The average Bonchev–Trinajstić information content (AvgIpc) is 3.27. The molecule has 0 aromatic heterocycles. The van der Waals surface area contributed by atoms with Crippen molar-refractivity contribution in [3.63, 3.8) is 0 Å². The van der Waals surface area contributed by atoms with E-state index in [2.05, 4.69) is 51.2 Å². The Bertz CT molecular complexity index is 429. The van der Waals surface area contributed by atoms with E-state index in [1.807, 2.05) is 6.07 Å².